The van der Waals surface area contributed by atoms with Crippen LogP contribution in [0.25, 0.3) is 0 Å². The summed E-state index contributed by atoms with van der Waals surface area (Å²) in [6, 6.07) is 59.4. The number of ether oxygens (including phenoxy) is 2. The van der Waals surface area contributed by atoms with Gasteiger partial charge in [0.15, 0.2) is 0 Å². The second-order valence-corrected chi connectivity index (χ2v) is 18.1. The van der Waals surface area contributed by atoms with Gasteiger partial charge in [-0.05, 0) is 51.1 Å². The van der Waals surface area contributed by atoms with E-state index in [0.29, 0.717) is 32.8 Å². The van der Waals surface area contributed by atoms with Crippen molar-refractivity contribution < 1.29 is 29.0 Å². The third-order valence-corrected chi connectivity index (χ3v) is 12.7. The quantitative estimate of drug-likeness (QED) is 0.0449. The van der Waals surface area contributed by atoms with Gasteiger partial charge in [-0.3, -0.25) is 19.3 Å². The molecule has 0 aliphatic carbocycles. The predicted octanol–water partition coefficient (Wildman–Crippen LogP) is 12.8. The van der Waals surface area contributed by atoms with Crippen molar-refractivity contribution in [2.75, 3.05) is 0 Å². The Morgan fingerprint density at radius 1 is 0.514 bits per heavy atom. The summed E-state index contributed by atoms with van der Waals surface area (Å²) in [5, 5.41) is 12.7. The average molecular weight is 1020 g/mol. The fourth-order valence-corrected chi connectivity index (χ4v) is 7.50. The van der Waals surface area contributed by atoms with Gasteiger partial charge in [0, 0.05) is 25.0 Å². The van der Waals surface area contributed by atoms with E-state index >= 15 is 0 Å². The van der Waals surface area contributed by atoms with Crippen LogP contribution in [0.4, 0.5) is 0 Å². The normalized spacial score (nSPS) is 13.2. The summed E-state index contributed by atoms with van der Waals surface area (Å²) in [5.41, 5.74) is 12.2. The van der Waals surface area contributed by atoms with Crippen LogP contribution < -0.4 is 11.1 Å². The molecule has 9 nitrogen and oxygen atoms in total. The molecule has 0 radical (unpaired) electrons. The number of hydrogen-bond acceptors (Lipinski definition) is 8. The number of esters is 2. The fourth-order valence-electron chi connectivity index (χ4n) is 7.13. The fraction of sp³-hybridized carbons (Fsp3) is 0.350. The number of rotatable bonds is 22. The van der Waals surface area contributed by atoms with Crippen molar-refractivity contribution in [2.45, 2.75) is 117 Å². The molecule has 6 unspecified atom stereocenters. The van der Waals surface area contributed by atoms with E-state index in [1.165, 1.54) is 16.7 Å². The lowest BCUT2D eigenvalue weighted by Crippen LogP contribution is -2.45. The summed E-state index contributed by atoms with van der Waals surface area (Å²) in [5.74, 6) is -0.770. The molecule has 374 valence electrons. The largest absolute Gasteiger partial charge is 0.480 e. The molecule has 0 fully saturated rings. The van der Waals surface area contributed by atoms with Crippen molar-refractivity contribution in [3.63, 3.8) is 0 Å². The maximum atomic E-state index is 13.3. The highest BCUT2D eigenvalue weighted by Gasteiger charge is 2.32. The summed E-state index contributed by atoms with van der Waals surface area (Å²) in [4.78, 5) is 38.2. The summed E-state index contributed by atoms with van der Waals surface area (Å²) in [6.45, 7) is 14.9. The molecular weight excluding hydrogens is 939 g/mol. The van der Waals surface area contributed by atoms with Crippen molar-refractivity contribution >= 4 is 33.8 Å². The molecule has 0 bridgehead atoms. The molecule has 0 saturated carbocycles. The van der Waals surface area contributed by atoms with E-state index in [2.05, 4.69) is 102 Å². The molecule has 6 aromatic carbocycles. The van der Waals surface area contributed by atoms with Crippen LogP contribution in [0.1, 0.15) is 94.2 Å². The Labute approximate surface area is 427 Å². The number of carbonyl (C=O) groups is 3. The molecule has 0 saturated heterocycles. The van der Waals surface area contributed by atoms with Crippen molar-refractivity contribution in [1.29, 1.82) is 0 Å². The number of halogens is 1. The average Bonchev–Trinajstić information content (AvgIpc) is 3.41. The Kier molecular flexibility index (Phi) is 28.7. The van der Waals surface area contributed by atoms with Gasteiger partial charge in [0.05, 0.1) is 0 Å². The van der Waals surface area contributed by atoms with Gasteiger partial charge >= 0.3 is 17.9 Å². The Morgan fingerprint density at radius 3 is 1.19 bits per heavy atom. The van der Waals surface area contributed by atoms with E-state index in [1.807, 2.05) is 147 Å². The van der Waals surface area contributed by atoms with Crippen LogP contribution in [0.15, 0.2) is 182 Å². The number of hydrogen-bond donors (Lipinski definition) is 3. The van der Waals surface area contributed by atoms with Gasteiger partial charge in [-0.15, -0.1) is 0 Å². The number of nitrogens with zero attached hydrogens (tertiary/aromatic N) is 1. The zero-order valence-corrected chi connectivity index (χ0v) is 43.6. The predicted molar refractivity (Wildman–Crippen MR) is 289 cm³/mol. The van der Waals surface area contributed by atoms with Crippen molar-refractivity contribution in [3.8, 4) is 0 Å². The van der Waals surface area contributed by atoms with Crippen LogP contribution >= 0.6 is 15.9 Å². The highest BCUT2D eigenvalue weighted by molar-refractivity contribution is 9.08. The van der Waals surface area contributed by atoms with Gasteiger partial charge in [0.25, 0.3) is 0 Å². The smallest absolute Gasteiger partial charge is 0.323 e. The summed E-state index contributed by atoms with van der Waals surface area (Å²) in [7, 11) is 0. The second kappa shape index (κ2) is 34.4. The van der Waals surface area contributed by atoms with Gasteiger partial charge in [-0.1, -0.05) is 259 Å². The van der Waals surface area contributed by atoms with E-state index in [-0.39, 0.29) is 41.8 Å². The third kappa shape index (κ3) is 22.7. The van der Waals surface area contributed by atoms with E-state index < -0.39 is 12.0 Å². The van der Waals surface area contributed by atoms with E-state index in [9.17, 15) is 14.4 Å². The summed E-state index contributed by atoms with van der Waals surface area (Å²) < 4.78 is 11.3. The zero-order valence-electron chi connectivity index (χ0n) is 42.0. The van der Waals surface area contributed by atoms with Crippen LogP contribution in [0.3, 0.4) is 0 Å². The number of benzene rings is 6. The first-order valence-corrected chi connectivity index (χ1v) is 25.6. The third-order valence-electron chi connectivity index (χ3n) is 12.1. The van der Waals surface area contributed by atoms with Crippen molar-refractivity contribution in [2.24, 2.45) is 23.5 Å². The second-order valence-electron chi connectivity index (χ2n) is 17.5. The van der Waals surface area contributed by atoms with Gasteiger partial charge in [-0.25, -0.2) is 0 Å². The number of alkyl halides is 1. The highest BCUT2D eigenvalue weighted by Crippen LogP contribution is 2.23. The molecule has 6 atom stereocenters. The van der Waals surface area contributed by atoms with Crippen LogP contribution in [0, 0.1) is 17.8 Å². The first-order chi connectivity index (χ1) is 33.9. The Balaban J connectivity index is 0.000000283. The minimum atomic E-state index is -0.913. The minimum absolute atomic E-state index is 0.0718. The minimum Gasteiger partial charge on any atom is -0.480 e. The number of nitrogens with one attached hydrogen (secondary N) is 1. The molecule has 70 heavy (non-hydrogen) atoms. The molecule has 0 aliphatic rings. The molecular formula is C60H76BrN3O6. The number of nitrogens with two attached hydrogens (primary N) is 1. The van der Waals surface area contributed by atoms with Gasteiger partial charge in [0.2, 0.25) is 0 Å². The number of aliphatic carboxylic acids is 1. The maximum Gasteiger partial charge on any atom is 0.323 e. The van der Waals surface area contributed by atoms with Crippen LogP contribution in [-0.4, -0.2) is 46.0 Å². The lowest BCUT2D eigenvalue weighted by molar-refractivity contribution is -0.154. The topological polar surface area (TPSA) is 131 Å². The Morgan fingerprint density at radius 2 is 0.857 bits per heavy atom. The van der Waals surface area contributed by atoms with Crippen LogP contribution in [-0.2, 0) is 62.0 Å². The molecule has 10 heteroatoms. The lowest BCUT2D eigenvalue weighted by atomic mass is 9.96. The van der Waals surface area contributed by atoms with E-state index in [4.69, 9.17) is 20.3 Å². The first-order valence-electron chi connectivity index (χ1n) is 24.5. The van der Waals surface area contributed by atoms with E-state index in [1.54, 1.807) is 0 Å². The van der Waals surface area contributed by atoms with Gasteiger partial charge in [0.1, 0.15) is 31.3 Å². The van der Waals surface area contributed by atoms with Crippen LogP contribution in [0.2, 0.25) is 0 Å². The van der Waals surface area contributed by atoms with Crippen molar-refractivity contribution in [3.05, 3.63) is 215 Å². The highest BCUT2D eigenvalue weighted by atomic mass is 79.9. The summed E-state index contributed by atoms with van der Waals surface area (Å²) in [6.07, 6.45) is 2.64. The summed E-state index contributed by atoms with van der Waals surface area (Å²) >= 11 is 3.36. The van der Waals surface area contributed by atoms with Gasteiger partial charge in [-0.2, -0.15) is 0 Å². The molecule has 6 rings (SSSR count). The molecule has 0 amide bonds. The lowest BCUT2D eigenvalue weighted by Gasteiger charge is -2.34. The van der Waals surface area contributed by atoms with Crippen LogP contribution in [0.5, 0.6) is 0 Å². The van der Waals surface area contributed by atoms with Crippen molar-refractivity contribution in [1.82, 2.24) is 10.2 Å². The first kappa shape index (κ1) is 58.4. The molecule has 0 aliphatic heterocycles. The molecule has 0 spiro atoms. The SMILES string of the molecule is BrCc1ccccc1.CCC(C)C(C(=O)OCc1ccccc1)N(Cc1ccccc1)Cc1ccccc1.CCC(C)C(N)C(=O)O.CCC(C)C(NCc1ccccc1)C(=O)OCc1ccccc1. The molecule has 0 heterocycles. The zero-order chi connectivity index (χ0) is 50.9. The van der Waals surface area contributed by atoms with Gasteiger partial charge < -0.3 is 25.6 Å². The molecule has 6 aromatic rings. The molecule has 4 N–H and O–H groups in total. The Bertz CT molecular complexity index is 2230. The number of carboxylic acid groups (broad SMARTS) is 1. The van der Waals surface area contributed by atoms with E-state index in [0.717, 1.165) is 41.3 Å². The number of carbonyl (C=O) groups excluding carboxylic acids is 2. The molecule has 0 aromatic heterocycles. The monoisotopic (exact) mass is 1010 g/mol. The maximum absolute atomic E-state index is 13.3. The standard InChI is InChI=1S/C27H31NO2.C20H25NO2.C7H7Br.C6H13NO2/c1-3-22(2)26(27(29)30-21-25-17-11-6-12-18-25)28(19-23-13-7-4-8-14-23)20-24-15-9-5-10-16-24;1-3-16(2)19(21-14-17-10-6-4-7-11-17)20(22)23-15-18-12-8-5-9-13-18;8-6-7-4-2-1-3-5-7;1-3-4(2)5(7)6(8)9/h4-18,22,26H,3,19-21H2,1-2H3;4-13,16,19,21H,3,14-15H2,1-2H3;1-5H,6H2;4-5H,3,7H2,1-2H3,(H,8,9). The Hall–Kier alpha value is -5.91. The number of carboxylic acids is 1.